The molecule has 2 aromatic heterocycles. The SMILES string of the molecule is CCN1CCn2nc([N+](=O)[O-])cc2C1.O=[N+]([O-])c1cc(CBr)n(CCBr)n1. The zero-order chi connectivity index (χ0) is 20.0. The van der Waals surface area contributed by atoms with E-state index in [4.69, 9.17) is 0 Å². The summed E-state index contributed by atoms with van der Waals surface area (Å²) in [5.74, 6) is -0.145. The van der Waals surface area contributed by atoms with Crippen molar-refractivity contribution in [3.05, 3.63) is 43.7 Å². The Bertz CT molecular complexity index is 807. The van der Waals surface area contributed by atoms with Crippen molar-refractivity contribution in [3.8, 4) is 0 Å². The molecule has 0 spiro atoms. The second kappa shape index (κ2) is 9.90. The van der Waals surface area contributed by atoms with Gasteiger partial charge in [0.1, 0.15) is 0 Å². The predicted octanol–water partition coefficient (Wildman–Crippen LogP) is 2.71. The Kier molecular flexibility index (Phi) is 7.86. The number of aryl methyl sites for hydroxylation is 1. The van der Waals surface area contributed by atoms with E-state index in [-0.39, 0.29) is 11.6 Å². The number of fused-ring (bicyclic) bond motifs is 1. The van der Waals surface area contributed by atoms with E-state index in [1.54, 1.807) is 15.4 Å². The number of hydrogen-bond donors (Lipinski definition) is 0. The lowest BCUT2D eigenvalue weighted by Gasteiger charge is -2.23. The van der Waals surface area contributed by atoms with E-state index in [2.05, 4.69) is 53.9 Å². The second-order valence-corrected chi connectivity index (χ2v) is 6.99. The number of nitro groups is 2. The number of rotatable bonds is 6. The van der Waals surface area contributed by atoms with Gasteiger partial charge in [-0.2, -0.15) is 9.36 Å². The maximum atomic E-state index is 10.5. The highest BCUT2D eigenvalue weighted by atomic mass is 79.9. The van der Waals surface area contributed by atoms with Crippen LogP contribution in [0.5, 0.6) is 0 Å². The molecule has 0 unspecified atom stereocenters. The van der Waals surface area contributed by atoms with Gasteiger partial charge in [0, 0.05) is 23.7 Å². The molecular weight excluding hydrogens is 490 g/mol. The van der Waals surface area contributed by atoms with Gasteiger partial charge in [0.25, 0.3) is 0 Å². The molecule has 0 atom stereocenters. The van der Waals surface area contributed by atoms with Crippen LogP contribution < -0.4 is 0 Å². The van der Waals surface area contributed by atoms with Gasteiger partial charge in [0.05, 0.1) is 46.8 Å². The quantitative estimate of drug-likeness (QED) is 0.333. The van der Waals surface area contributed by atoms with Gasteiger partial charge < -0.3 is 20.2 Å². The Morgan fingerprint density at radius 3 is 2.33 bits per heavy atom. The molecule has 1 aliphatic rings. The maximum Gasteiger partial charge on any atom is 0.390 e. The van der Waals surface area contributed by atoms with Crippen LogP contribution in [0.4, 0.5) is 11.6 Å². The zero-order valence-corrected chi connectivity index (χ0v) is 17.8. The molecule has 0 bridgehead atoms. The van der Waals surface area contributed by atoms with Crippen LogP contribution in [0.3, 0.4) is 0 Å². The first-order chi connectivity index (χ1) is 12.9. The smallest absolute Gasteiger partial charge is 0.358 e. The van der Waals surface area contributed by atoms with Crippen molar-refractivity contribution in [1.29, 1.82) is 0 Å². The average molecular weight is 509 g/mol. The third-order valence-electron chi connectivity index (χ3n) is 3.97. The topological polar surface area (TPSA) is 125 Å². The van der Waals surface area contributed by atoms with Crippen LogP contribution in [0.2, 0.25) is 0 Å². The lowest BCUT2D eigenvalue weighted by molar-refractivity contribution is -0.390. The van der Waals surface area contributed by atoms with Crippen molar-refractivity contribution in [2.45, 2.75) is 31.9 Å². The summed E-state index contributed by atoms with van der Waals surface area (Å²) in [5, 5.41) is 29.9. The monoisotopic (exact) mass is 507 g/mol. The second-order valence-electron chi connectivity index (χ2n) is 5.64. The van der Waals surface area contributed by atoms with Crippen LogP contribution in [0.1, 0.15) is 18.3 Å². The van der Waals surface area contributed by atoms with Crippen molar-refractivity contribution < 1.29 is 9.85 Å². The van der Waals surface area contributed by atoms with Crippen molar-refractivity contribution in [2.24, 2.45) is 0 Å². The molecule has 11 nitrogen and oxygen atoms in total. The van der Waals surface area contributed by atoms with Gasteiger partial charge in [-0.15, -0.1) is 0 Å². The van der Waals surface area contributed by atoms with Crippen LogP contribution in [0.25, 0.3) is 0 Å². The first-order valence-corrected chi connectivity index (χ1v) is 10.4. The standard InChI is InChI=1S/C8H12N4O2.C6H7Br2N3O2/c1-2-10-3-4-11-7(6-10)5-8(9-11)12(13)14;7-1-2-10-5(4-8)3-6(9-10)11(12)13/h5H,2-4,6H2,1H3;3H,1-2,4H2. The molecule has 0 saturated carbocycles. The molecule has 2 aromatic rings. The summed E-state index contributed by atoms with van der Waals surface area (Å²) in [7, 11) is 0. The highest BCUT2D eigenvalue weighted by Crippen LogP contribution is 2.17. The summed E-state index contributed by atoms with van der Waals surface area (Å²) in [6, 6.07) is 3.03. The summed E-state index contributed by atoms with van der Waals surface area (Å²) in [6.45, 7) is 6.12. The summed E-state index contributed by atoms with van der Waals surface area (Å²) in [4.78, 5) is 22.2. The number of likely N-dealkylation sites (N-methyl/N-ethyl adjacent to an activating group) is 1. The fourth-order valence-electron chi connectivity index (χ4n) is 2.58. The number of alkyl halides is 2. The van der Waals surface area contributed by atoms with Gasteiger partial charge in [0.15, 0.2) is 0 Å². The lowest BCUT2D eigenvalue weighted by Crippen LogP contribution is -2.33. The molecule has 3 heterocycles. The first-order valence-electron chi connectivity index (χ1n) is 8.16. The molecule has 0 amide bonds. The normalized spacial score (nSPS) is 13.6. The van der Waals surface area contributed by atoms with E-state index in [0.29, 0.717) is 11.9 Å². The molecule has 1 aliphatic heterocycles. The first kappa shape index (κ1) is 21.4. The van der Waals surface area contributed by atoms with Crippen LogP contribution in [0, 0.1) is 20.2 Å². The van der Waals surface area contributed by atoms with E-state index in [9.17, 15) is 20.2 Å². The lowest BCUT2D eigenvalue weighted by atomic mass is 10.3. The minimum absolute atomic E-state index is 0.0436. The predicted molar refractivity (Wildman–Crippen MR) is 105 cm³/mol. The van der Waals surface area contributed by atoms with Crippen LogP contribution in [-0.4, -0.2) is 52.7 Å². The number of hydrogen-bond acceptors (Lipinski definition) is 7. The summed E-state index contributed by atoms with van der Waals surface area (Å²) in [5.41, 5.74) is 1.75. The molecule has 0 aliphatic carbocycles. The summed E-state index contributed by atoms with van der Waals surface area (Å²) >= 11 is 6.49. The average Bonchev–Trinajstić information content (AvgIpc) is 3.25. The molecule has 13 heteroatoms. The van der Waals surface area contributed by atoms with Crippen LogP contribution in [0.15, 0.2) is 12.1 Å². The van der Waals surface area contributed by atoms with E-state index < -0.39 is 9.85 Å². The van der Waals surface area contributed by atoms with Crippen LogP contribution in [-0.2, 0) is 25.0 Å². The van der Waals surface area contributed by atoms with Gasteiger partial charge in [-0.25, -0.2) is 0 Å². The van der Waals surface area contributed by atoms with Gasteiger partial charge in [0.2, 0.25) is 0 Å². The number of halogens is 2. The molecule has 0 aromatic carbocycles. The van der Waals surface area contributed by atoms with Crippen molar-refractivity contribution >= 4 is 43.5 Å². The molecule has 0 saturated heterocycles. The molecule has 27 heavy (non-hydrogen) atoms. The zero-order valence-electron chi connectivity index (χ0n) is 14.6. The third-order valence-corrected chi connectivity index (χ3v) is 4.90. The Morgan fingerprint density at radius 2 is 1.78 bits per heavy atom. The Labute approximate surface area is 171 Å². The maximum absolute atomic E-state index is 10.5. The van der Waals surface area contributed by atoms with Gasteiger partial charge >= 0.3 is 11.6 Å². The van der Waals surface area contributed by atoms with Crippen LogP contribution >= 0.6 is 31.9 Å². The van der Waals surface area contributed by atoms with Crippen molar-refractivity contribution in [2.75, 3.05) is 18.4 Å². The molecule has 0 fully saturated rings. The number of nitrogens with zero attached hydrogens (tertiary/aromatic N) is 7. The Hall–Kier alpha value is -1.86. The molecule has 0 N–H and O–H groups in total. The van der Waals surface area contributed by atoms with E-state index in [1.807, 2.05) is 0 Å². The van der Waals surface area contributed by atoms with Gasteiger partial charge in [-0.05, 0) is 16.4 Å². The molecule has 3 rings (SSSR count). The molecule has 0 radical (unpaired) electrons. The highest BCUT2D eigenvalue weighted by molar-refractivity contribution is 9.09. The number of aromatic nitrogens is 4. The highest BCUT2D eigenvalue weighted by Gasteiger charge is 2.23. The Balaban J connectivity index is 0.000000194. The fraction of sp³-hybridized carbons (Fsp3) is 0.571. The third kappa shape index (κ3) is 5.56. The van der Waals surface area contributed by atoms with E-state index in [0.717, 1.165) is 42.9 Å². The van der Waals surface area contributed by atoms with Crippen molar-refractivity contribution in [1.82, 2.24) is 24.5 Å². The summed E-state index contributed by atoms with van der Waals surface area (Å²) < 4.78 is 3.34. The Morgan fingerprint density at radius 1 is 1.11 bits per heavy atom. The molecule has 148 valence electrons. The summed E-state index contributed by atoms with van der Waals surface area (Å²) in [6.07, 6.45) is 0. The minimum Gasteiger partial charge on any atom is -0.358 e. The molecular formula is C14H19Br2N7O4. The van der Waals surface area contributed by atoms with E-state index in [1.165, 1.54) is 6.07 Å². The van der Waals surface area contributed by atoms with Crippen molar-refractivity contribution in [3.63, 3.8) is 0 Å². The van der Waals surface area contributed by atoms with Gasteiger partial charge in [-0.1, -0.05) is 38.8 Å². The minimum atomic E-state index is -0.489. The van der Waals surface area contributed by atoms with Gasteiger partial charge in [-0.3, -0.25) is 4.90 Å². The largest absolute Gasteiger partial charge is 0.390 e. The van der Waals surface area contributed by atoms with E-state index >= 15 is 0 Å². The fourth-order valence-corrected chi connectivity index (χ4v) is 3.36.